The maximum absolute atomic E-state index is 9.85. The molecule has 2 aromatic rings. The largest absolute Gasteiger partial charge is 0.496 e. The Bertz CT molecular complexity index is 587. The van der Waals surface area contributed by atoms with Crippen LogP contribution in [0.4, 0.5) is 0 Å². The number of aliphatic hydroxyl groups is 1. The third-order valence-electron chi connectivity index (χ3n) is 3.39. The van der Waals surface area contributed by atoms with Gasteiger partial charge in [-0.2, -0.15) is 16.7 Å². The van der Waals surface area contributed by atoms with E-state index in [0.717, 1.165) is 22.8 Å². The van der Waals surface area contributed by atoms with E-state index in [-0.39, 0.29) is 12.0 Å². The zero-order valence-electron chi connectivity index (χ0n) is 11.2. The molecule has 5 nitrogen and oxygen atoms in total. The van der Waals surface area contributed by atoms with Gasteiger partial charge in [0.25, 0.3) is 0 Å². The molecule has 106 valence electrons. The SMILES string of the molecule is COc1ccccc1Cc1noc(C2CSCC2O)n1. The molecule has 0 amide bonds. The second kappa shape index (κ2) is 5.85. The van der Waals surface area contributed by atoms with Gasteiger partial charge in [0.15, 0.2) is 5.82 Å². The number of thioether (sulfide) groups is 1. The molecule has 1 aliphatic rings. The average Bonchev–Trinajstić information content (AvgIpc) is 3.08. The standard InChI is InChI=1S/C14H16N2O3S/c1-18-12-5-3-2-4-9(12)6-13-15-14(19-16-13)10-7-20-8-11(10)17/h2-5,10-11,17H,6-8H2,1H3. The van der Waals surface area contributed by atoms with E-state index in [1.807, 2.05) is 24.3 Å². The molecule has 1 aromatic heterocycles. The molecule has 0 radical (unpaired) electrons. The molecule has 2 unspecified atom stereocenters. The number of methoxy groups -OCH3 is 1. The van der Waals surface area contributed by atoms with Crippen molar-refractivity contribution in [2.24, 2.45) is 0 Å². The van der Waals surface area contributed by atoms with Crippen molar-refractivity contribution in [3.63, 3.8) is 0 Å². The molecule has 0 saturated carbocycles. The summed E-state index contributed by atoms with van der Waals surface area (Å²) in [7, 11) is 1.65. The number of ether oxygens (including phenoxy) is 1. The van der Waals surface area contributed by atoms with Crippen molar-refractivity contribution in [2.75, 3.05) is 18.6 Å². The molecule has 1 fully saturated rings. The Balaban J connectivity index is 1.77. The van der Waals surface area contributed by atoms with Crippen LogP contribution in [0.5, 0.6) is 5.75 Å². The van der Waals surface area contributed by atoms with Crippen molar-refractivity contribution in [2.45, 2.75) is 18.4 Å². The monoisotopic (exact) mass is 292 g/mol. The van der Waals surface area contributed by atoms with Gasteiger partial charge in [-0.25, -0.2) is 0 Å². The Hall–Kier alpha value is -1.53. The first-order valence-electron chi connectivity index (χ1n) is 6.48. The van der Waals surface area contributed by atoms with Crippen LogP contribution in [0.15, 0.2) is 28.8 Å². The van der Waals surface area contributed by atoms with Crippen LogP contribution in [0.25, 0.3) is 0 Å². The summed E-state index contributed by atoms with van der Waals surface area (Å²) >= 11 is 1.71. The van der Waals surface area contributed by atoms with Gasteiger partial charge in [-0.1, -0.05) is 23.4 Å². The molecule has 6 heteroatoms. The molecule has 0 spiro atoms. The number of hydrogen-bond donors (Lipinski definition) is 1. The Kier molecular flexibility index (Phi) is 3.93. The van der Waals surface area contributed by atoms with Crippen LogP contribution in [-0.4, -0.2) is 40.0 Å². The Morgan fingerprint density at radius 1 is 1.40 bits per heavy atom. The van der Waals surface area contributed by atoms with Gasteiger partial charge in [0.1, 0.15) is 5.75 Å². The van der Waals surface area contributed by atoms with Crippen molar-refractivity contribution in [3.8, 4) is 5.75 Å². The molecule has 1 aliphatic heterocycles. The van der Waals surface area contributed by atoms with Crippen molar-refractivity contribution < 1.29 is 14.4 Å². The number of hydrogen-bond acceptors (Lipinski definition) is 6. The number of rotatable bonds is 4. The molecule has 0 bridgehead atoms. The van der Waals surface area contributed by atoms with Crippen LogP contribution in [-0.2, 0) is 6.42 Å². The van der Waals surface area contributed by atoms with Gasteiger partial charge in [-0.3, -0.25) is 0 Å². The van der Waals surface area contributed by atoms with E-state index < -0.39 is 0 Å². The van der Waals surface area contributed by atoms with Crippen LogP contribution < -0.4 is 4.74 Å². The van der Waals surface area contributed by atoms with E-state index >= 15 is 0 Å². The molecule has 3 rings (SSSR count). The second-order valence-electron chi connectivity index (χ2n) is 4.75. The Morgan fingerprint density at radius 2 is 2.25 bits per heavy atom. The maximum Gasteiger partial charge on any atom is 0.233 e. The highest BCUT2D eigenvalue weighted by atomic mass is 32.2. The van der Waals surface area contributed by atoms with E-state index in [0.29, 0.717) is 18.1 Å². The molecule has 20 heavy (non-hydrogen) atoms. The molecule has 1 aromatic carbocycles. The molecule has 0 aliphatic carbocycles. The highest BCUT2D eigenvalue weighted by Gasteiger charge is 2.32. The van der Waals surface area contributed by atoms with Gasteiger partial charge in [0.05, 0.1) is 19.1 Å². The predicted molar refractivity (Wildman–Crippen MR) is 76.2 cm³/mol. The Morgan fingerprint density at radius 3 is 3.00 bits per heavy atom. The lowest BCUT2D eigenvalue weighted by Crippen LogP contribution is -2.15. The zero-order valence-corrected chi connectivity index (χ0v) is 12.0. The predicted octanol–water partition coefficient (Wildman–Crippen LogP) is 1.86. The van der Waals surface area contributed by atoms with E-state index in [1.54, 1.807) is 18.9 Å². The zero-order chi connectivity index (χ0) is 13.9. The van der Waals surface area contributed by atoms with Crippen molar-refractivity contribution >= 4 is 11.8 Å². The summed E-state index contributed by atoms with van der Waals surface area (Å²) < 4.78 is 10.6. The fourth-order valence-electron chi connectivity index (χ4n) is 2.29. The fourth-order valence-corrected chi connectivity index (χ4v) is 3.52. The molecule has 2 heterocycles. The van der Waals surface area contributed by atoms with Crippen LogP contribution in [0.3, 0.4) is 0 Å². The molecular formula is C14H16N2O3S. The summed E-state index contributed by atoms with van der Waals surface area (Å²) in [5, 5.41) is 13.9. The third kappa shape index (κ3) is 2.66. The number of aromatic nitrogens is 2. The highest BCUT2D eigenvalue weighted by molar-refractivity contribution is 7.99. The van der Waals surface area contributed by atoms with Gasteiger partial charge in [-0.15, -0.1) is 0 Å². The first-order valence-corrected chi connectivity index (χ1v) is 7.63. The minimum atomic E-state index is -0.389. The summed E-state index contributed by atoms with van der Waals surface area (Å²) in [6.45, 7) is 0. The lowest BCUT2D eigenvalue weighted by atomic mass is 10.1. The first-order chi connectivity index (χ1) is 9.78. The van der Waals surface area contributed by atoms with E-state index in [9.17, 15) is 5.11 Å². The summed E-state index contributed by atoms with van der Waals surface area (Å²) in [4.78, 5) is 4.41. The minimum absolute atomic E-state index is 0.0427. The van der Waals surface area contributed by atoms with Gasteiger partial charge < -0.3 is 14.4 Å². The Labute approximate surface area is 121 Å². The third-order valence-corrected chi connectivity index (χ3v) is 4.56. The van der Waals surface area contributed by atoms with Crippen LogP contribution in [0, 0.1) is 0 Å². The summed E-state index contributed by atoms with van der Waals surface area (Å²) in [5.74, 6) is 3.49. The summed E-state index contributed by atoms with van der Waals surface area (Å²) in [6, 6.07) is 7.77. The average molecular weight is 292 g/mol. The van der Waals surface area contributed by atoms with Crippen LogP contribution in [0.1, 0.15) is 23.2 Å². The summed E-state index contributed by atoms with van der Waals surface area (Å²) in [5.41, 5.74) is 1.02. The second-order valence-corrected chi connectivity index (χ2v) is 5.82. The van der Waals surface area contributed by atoms with Gasteiger partial charge in [0, 0.05) is 23.5 Å². The lowest BCUT2D eigenvalue weighted by Gasteiger charge is -2.07. The van der Waals surface area contributed by atoms with Gasteiger partial charge >= 0.3 is 0 Å². The van der Waals surface area contributed by atoms with Gasteiger partial charge in [0.2, 0.25) is 5.89 Å². The number of nitrogens with zero attached hydrogens (tertiary/aromatic N) is 2. The van der Waals surface area contributed by atoms with Crippen LogP contribution in [0.2, 0.25) is 0 Å². The smallest absolute Gasteiger partial charge is 0.233 e. The highest BCUT2D eigenvalue weighted by Crippen LogP contribution is 2.32. The van der Waals surface area contributed by atoms with Crippen molar-refractivity contribution in [3.05, 3.63) is 41.5 Å². The minimum Gasteiger partial charge on any atom is -0.496 e. The van der Waals surface area contributed by atoms with Crippen LogP contribution >= 0.6 is 11.8 Å². The van der Waals surface area contributed by atoms with Crippen molar-refractivity contribution in [1.29, 1.82) is 0 Å². The van der Waals surface area contributed by atoms with Crippen molar-refractivity contribution in [1.82, 2.24) is 10.1 Å². The molecule has 1 saturated heterocycles. The first kappa shape index (κ1) is 13.5. The van der Waals surface area contributed by atoms with E-state index in [2.05, 4.69) is 10.1 Å². The van der Waals surface area contributed by atoms with E-state index in [1.165, 1.54) is 0 Å². The number of benzene rings is 1. The molecular weight excluding hydrogens is 276 g/mol. The maximum atomic E-state index is 9.85. The molecule has 2 atom stereocenters. The number of para-hydroxylation sites is 1. The number of aliphatic hydroxyl groups excluding tert-OH is 1. The molecule has 1 N–H and O–H groups in total. The normalized spacial score (nSPS) is 22.1. The van der Waals surface area contributed by atoms with E-state index in [4.69, 9.17) is 9.26 Å². The summed E-state index contributed by atoms with van der Waals surface area (Å²) in [6.07, 6.45) is 0.170. The quantitative estimate of drug-likeness (QED) is 0.927. The topological polar surface area (TPSA) is 68.4 Å². The van der Waals surface area contributed by atoms with Gasteiger partial charge in [-0.05, 0) is 6.07 Å². The fraction of sp³-hybridized carbons (Fsp3) is 0.429. The lowest BCUT2D eigenvalue weighted by molar-refractivity contribution is 0.164.